The zero-order valence-electron chi connectivity index (χ0n) is 8.79. The molecule has 2 rings (SSSR count). The molecule has 1 N–H and O–H groups in total. The first-order valence-electron chi connectivity index (χ1n) is 4.87. The summed E-state index contributed by atoms with van der Waals surface area (Å²) in [5.74, 6) is 0.119. The first kappa shape index (κ1) is 10.8. The van der Waals surface area contributed by atoms with E-state index in [0.717, 1.165) is 0 Å². The predicted molar refractivity (Wildman–Crippen MR) is 61.1 cm³/mol. The highest BCUT2D eigenvalue weighted by Gasteiger charge is 2.05. The molecule has 0 radical (unpaired) electrons. The van der Waals surface area contributed by atoms with Crippen molar-refractivity contribution < 1.29 is 4.79 Å². The van der Waals surface area contributed by atoms with Gasteiger partial charge in [-0.3, -0.25) is 9.78 Å². The number of hydrogen-bond acceptors (Lipinski definition) is 4. The van der Waals surface area contributed by atoms with E-state index in [-0.39, 0.29) is 5.91 Å². The van der Waals surface area contributed by atoms with E-state index in [2.05, 4.69) is 15.3 Å². The summed E-state index contributed by atoms with van der Waals surface area (Å²) < 4.78 is 0. The number of nitriles is 1. The maximum atomic E-state index is 11.7. The van der Waals surface area contributed by atoms with E-state index < -0.39 is 0 Å². The molecule has 2 aromatic rings. The van der Waals surface area contributed by atoms with Gasteiger partial charge in [0.2, 0.25) is 0 Å². The lowest BCUT2D eigenvalue weighted by atomic mass is 10.2. The number of nitrogens with one attached hydrogen (secondary N) is 1. The van der Waals surface area contributed by atoms with Crippen LogP contribution in [0.4, 0.5) is 5.82 Å². The number of aromatic nitrogens is 2. The van der Waals surface area contributed by atoms with E-state index >= 15 is 0 Å². The van der Waals surface area contributed by atoms with Gasteiger partial charge in [0.05, 0.1) is 11.1 Å². The number of pyridine rings is 2. The second-order valence-electron chi connectivity index (χ2n) is 3.24. The number of carbonyl (C=O) groups is 1. The maximum absolute atomic E-state index is 11.7. The summed E-state index contributed by atoms with van der Waals surface area (Å²) in [6.07, 6.45) is 4.47. The smallest absolute Gasteiger partial charge is 0.258 e. The van der Waals surface area contributed by atoms with Gasteiger partial charge in [-0.2, -0.15) is 5.26 Å². The van der Waals surface area contributed by atoms with Crippen molar-refractivity contribution in [3.05, 3.63) is 54.0 Å². The minimum atomic E-state index is -0.282. The Bertz CT molecular complexity index is 557. The summed E-state index contributed by atoms with van der Waals surface area (Å²) in [6.45, 7) is 0. The van der Waals surface area contributed by atoms with Crippen molar-refractivity contribution in [1.82, 2.24) is 9.97 Å². The number of anilines is 1. The van der Waals surface area contributed by atoms with Crippen molar-refractivity contribution in [2.24, 2.45) is 0 Å². The van der Waals surface area contributed by atoms with Crippen molar-refractivity contribution in [3.8, 4) is 6.07 Å². The van der Waals surface area contributed by atoms with E-state index in [1.807, 2.05) is 6.07 Å². The molecule has 2 heterocycles. The average molecular weight is 224 g/mol. The molecule has 0 saturated carbocycles. The fraction of sp³-hybridized carbons (Fsp3) is 0. The van der Waals surface area contributed by atoms with E-state index in [1.165, 1.54) is 12.4 Å². The Labute approximate surface area is 97.8 Å². The summed E-state index contributed by atoms with van der Waals surface area (Å²) in [5, 5.41) is 11.2. The van der Waals surface area contributed by atoms with Gasteiger partial charge in [-0.1, -0.05) is 0 Å². The van der Waals surface area contributed by atoms with Crippen LogP contribution < -0.4 is 5.32 Å². The van der Waals surface area contributed by atoms with Gasteiger partial charge in [-0.15, -0.1) is 0 Å². The molecule has 0 aliphatic carbocycles. The number of hydrogen-bond donors (Lipinski definition) is 1. The molecule has 5 nitrogen and oxygen atoms in total. The third kappa shape index (κ3) is 2.63. The molecule has 0 unspecified atom stereocenters. The normalized spacial score (nSPS) is 9.35. The molecule has 2 aromatic heterocycles. The minimum absolute atomic E-state index is 0.282. The molecule has 0 aromatic carbocycles. The van der Waals surface area contributed by atoms with Gasteiger partial charge in [0, 0.05) is 18.6 Å². The molecule has 0 saturated heterocycles. The molecular formula is C12H8N4O. The molecule has 0 atom stereocenters. The third-order valence-electron chi connectivity index (χ3n) is 2.06. The van der Waals surface area contributed by atoms with E-state index in [9.17, 15) is 4.79 Å². The molecule has 5 heteroatoms. The standard InChI is InChI=1S/C12H8N4O/c13-6-9-3-4-11(15-7-9)16-12(17)10-2-1-5-14-8-10/h1-5,7-8H,(H,15,16,17). The summed E-state index contributed by atoms with van der Waals surface area (Å²) in [5.41, 5.74) is 0.906. The first-order chi connectivity index (χ1) is 8.29. The highest BCUT2D eigenvalue weighted by atomic mass is 16.1. The second kappa shape index (κ2) is 4.86. The number of nitrogens with zero attached hydrogens (tertiary/aromatic N) is 3. The molecule has 0 fully saturated rings. The highest BCUT2D eigenvalue weighted by molar-refractivity contribution is 6.03. The van der Waals surface area contributed by atoms with Crippen LogP contribution in [0, 0.1) is 11.3 Å². The van der Waals surface area contributed by atoms with Crippen molar-refractivity contribution in [1.29, 1.82) is 5.26 Å². The quantitative estimate of drug-likeness (QED) is 0.840. The summed E-state index contributed by atoms with van der Waals surface area (Å²) in [4.78, 5) is 19.5. The van der Waals surface area contributed by atoms with Gasteiger partial charge in [-0.05, 0) is 24.3 Å². The number of amides is 1. The third-order valence-corrected chi connectivity index (χ3v) is 2.06. The van der Waals surface area contributed by atoms with Crippen LogP contribution in [-0.4, -0.2) is 15.9 Å². The highest BCUT2D eigenvalue weighted by Crippen LogP contribution is 2.06. The number of rotatable bonds is 2. The van der Waals surface area contributed by atoms with Gasteiger partial charge >= 0.3 is 0 Å². The first-order valence-corrected chi connectivity index (χ1v) is 4.87. The predicted octanol–water partition coefficient (Wildman–Crippen LogP) is 1.60. The Kier molecular flexibility index (Phi) is 3.08. The molecule has 82 valence electrons. The van der Waals surface area contributed by atoms with Gasteiger partial charge in [0.1, 0.15) is 11.9 Å². The van der Waals surface area contributed by atoms with Crippen LogP contribution in [0.5, 0.6) is 0 Å². The summed E-state index contributed by atoms with van der Waals surface area (Å²) in [7, 11) is 0. The van der Waals surface area contributed by atoms with Gasteiger partial charge < -0.3 is 5.32 Å². The van der Waals surface area contributed by atoms with Crippen molar-refractivity contribution in [2.45, 2.75) is 0 Å². The van der Waals surface area contributed by atoms with E-state index in [1.54, 1.807) is 30.5 Å². The van der Waals surface area contributed by atoms with Gasteiger partial charge in [-0.25, -0.2) is 4.98 Å². The molecule has 0 spiro atoms. The Hall–Kier alpha value is -2.74. The van der Waals surface area contributed by atoms with E-state index in [4.69, 9.17) is 5.26 Å². The molecular weight excluding hydrogens is 216 g/mol. The van der Waals surface area contributed by atoms with Crippen LogP contribution in [0.3, 0.4) is 0 Å². The topological polar surface area (TPSA) is 78.7 Å². The van der Waals surface area contributed by atoms with Crippen LogP contribution in [0.2, 0.25) is 0 Å². The summed E-state index contributed by atoms with van der Waals surface area (Å²) >= 11 is 0. The molecule has 0 bridgehead atoms. The van der Waals surface area contributed by atoms with Gasteiger partial charge in [0.15, 0.2) is 0 Å². The summed E-state index contributed by atoms with van der Waals surface area (Å²) in [6, 6.07) is 8.46. The second-order valence-corrected chi connectivity index (χ2v) is 3.24. The SMILES string of the molecule is N#Cc1ccc(NC(=O)c2cccnc2)nc1. The lowest BCUT2D eigenvalue weighted by molar-refractivity contribution is 0.102. The Balaban J connectivity index is 2.11. The maximum Gasteiger partial charge on any atom is 0.258 e. The zero-order chi connectivity index (χ0) is 12.1. The Morgan fingerprint density at radius 2 is 2.18 bits per heavy atom. The van der Waals surface area contributed by atoms with Gasteiger partial charge in [0.25, 0.3) is 5.91 Å². The Morgan fingerprint density at radius 3 is 2.76 bits per heavy atom. The van der Waals surface area contributed by atoms with Crippen LogP contribution in [-0.2, 0) is 0 Å². The van der Waals surface area contributed by atoms with Crippen molar-refractivity contribution in [3.63, 3.8) is 0 Å². The lowest BCUT2D eigenvalue weighted by Gasteiger charge is -2.03. The van der Waals surface area contributed by atoms with Crippen molar-refractivity contribution in [2.75, 3.05) is 5.32 Å². The van der Waals surface area contributed by atoms with Crippen LogP contribution >= 0.6 is 0 Å². The monoisotopic (exact) mass is 224 g/mol. The minimum Gasteiger partial charge on any atom is -0.307 e. The van der Waals surface area contributed by atoms with Crippen molar-refractivity contribution >= 4 is 11.7 Å². The number of carbonyl (C=O) groups excluding carboxylic acids is 1. The molecule has 1 amide bonds. The average Bonchev–Trinajstić information content (AvgIpc) is 2.40. The molecule has 0 aliphatic heterocycles. The van der Waals surface area contributed by atoms with Crippen LogP contribution in [0.15, 0.2) is 42.9 Å². The molecule has 17 heavy (non-hydrogen) atoms. The van der Waals surface area contributed by atoms with Crippen LogP contribution in [0.25, 0.3) is 0 Å². The fourth-order valence-electron chi connectivity index (χ4n) is 1.22. The zero-order valence-corrected chi connectivity index (χ0v) is 8.79. The fourth-order valence-corrected chi connectivity index (χ4v) is 1.22. The lowest BCUT2D eigenvalue weighted by Crippen LogP contribution is -2.12. The van der Waals surface area contributed by atoms with Crippen LogP contribution in [0.1, 0.15) is 15.9 Å². The largest absolute Gasteiger partial charge is 0.307 e. The van der Waals surface area contributed by atoms with E-state index in [0.29, 0.717) is 16.9 Å². The molecule has 0 aliphatic rings. The Morgan fingerprint density at radius 1 is 1.29 bits per heavy atom.